The Morgan fingerprint density at radius 2 is 1.50 bits per heavy atom. The number of benzene rings is 3. The highest BCUT2D eigenvalue weighted by Crippen LogP contribution is 2.31. The second kappa shape index (κ2) is 6.00. The van der Waals surface area contributed by atoms with Gasteiger partial charge in [0.1, 0.15) is 11.5 Å². The molecule has 0 unspecified atom stereocenters. The van der Waals surface area contributed by atoms with E-state index >= 15 is 0 Å². The second-order valence-electron chi connectivity index (χ2n) is 6.85. The van der Waals surface area contributed by atoms with Crippen LogP contribution in [0, 0.1) is 0 Å². The molecule has 0 fully saturated rings. The first-order valence-corrected chi connectivity index (χ1v) is 7.90. The number of aromatic hydroxyl groups is 1. The van der Waals surface area contributed by atoms with E-state index in [1.165, 1.54) is 0 Å². The van der Waals surface area contributed by atoms with E-state index in [9.17, 15) is 9.90 Å². The first-order chi connectivity index (χ1) is 11.4. The van der Waals surface area contributed by atoms with Crippen molar-refractivity contribution in [2.24, 2.45) is 0 Å². The van der Waals surface area contributed by atoms with E-state index in [0.717, 1.165) is 5.56 Å². The molecule has 0 saturated carbocycles. The zero-order valence-corrected chi connectivity index (χ0v) is 14.0. The number of hydrogen-bond acceptors (Lipinski definition) is 3. The van der Waals surface area contributed by atoms with Crippen LogP contribution in [0.5, 0.6) is 11.5 Å². The van der Waals surface area contributed by atoms with E-state index in [4.69, 9.17) is 4.74 Å². The lowest BCUT2D eigenvalue weighted by atomic mass is 9.87. The molecular weight excluding hydrogens is 300 g/mol. The summed E-state index contributed by atoms with van der Waals surface area (Å²) < 4.78 is 5.54. The van der Waals surface area contributed by atoms with Gasteiger partial charge in [0.2, 0.25) is 0 Å². The van der Waals surface area contributed by atoms with Crippen LogP contribution in [0.2, 0.25) is 0 Å². The molecule has 0 bridgehead atoms. The molecule has 0 aliphatic heterocycles. The Balaban J connectivity index is 1.89. The van der Waals surface area contributed by atoms with E-state index in [1.54, 1.807) is 42.5 Å². The van der Waals surface area contributed by atoms with Crippen molar-refractivity contribution >= 4 is 16.7 Å². The van der Waals surface area contributed by atoms with Crippen molar-refractivity contribution < 1.29 is 14.6 Å². The van der Waals surface area contributed by atoms with Crippen LogP contribution in [0.4, 0.5) is 0 Å². The lowest BCUT2D eigenvalue weighted by molar-refractivity contribution is 0.0737. The molecule has 3 heteroatoms. The van der Waals surface area contributed by atoms with Gasteiger partial charge in [-0.1, -0.05) is 57.2 Å². The standard InChI is InChI=1S/C21H20O3/c1-21(2,3)15-12-10-14(11-13-15)20(23)24-19-9-5-6-16-17(19)7-4-8-18(16)22/h4-13,22H,1-3H3. The van der Waals surface area contributed by atoms with Crippen molar-refractivity contribution in [2.45, 2.75) is 26.2 Å². The molecule has 0 heterocycles. The zero-order valence-electron chi connectivity index (χ0n) is 14.0. The van der Waals surface area contributed by atoms with Gasteiger partial charge >= 0.3 is 5.97 Å². The van der Waals surface area contributed by atoms with Crippen LogP contribution in [0.3, 0.4) is 0 Å². The molecule has 0 aromatic heterocycles. The average molecular weight is 320 g/mol. The van der Waals surface area contributed by atoms with Gasteiger partial charge in [0.05, 0.1) is 5.56 Å². The quantitative estimate of drug-likeness (QED) is 0.530. The van der Waals surface area contributed by atoms with Crippen molar-refractivity contribution in [2.75, 3.05) is 0 Å². The topological polar surface area (TPSA) is 46.5 Å². The molecule has 24 heavy (non-hydrogen) atoms. The average Bonchev–Trinajstić information content (AvgIpc) is 2.55. The summed E-state index contributed by atoms with van der Waals surface area (Å²) >= 11 is 0. The Morgan fingerprint density at radius 3 is 2.17 bits per heavy atom. The zero-order chi connectivity index (χ0) is 17.3. The molecule has 122 valence electrons. The number of rotatable bonds is 2. The third kappa shape index (κ3) is 3.11. The number of carbonyl (C=O) groups excluding carboxylic acids is 1. The van der Waals surface area contributed by atoms with Gasteiger partial charge in [-0.3, -0.25) is 0 Å². The maximum Gasteiger partial charge on any atom is 0.343 e. The first-order valence-electron chi connectivity index (χ1n) is 7.90. The Bertz CT molecular complexity index is 887. The van der Waals surface area contributed by atoms with Gasteiger partial charge in [-0.05, 0) is 35.2 Å². The Kier molecular flexibility index (Phi) is 4.02. The summed E-state index contributed by atoms with van der Waals surface area (Å²) in [5, 5.41) is 11.3. The minimum Gasteiger partial charge on any atom is -0.507 e. The van der Waals surface area contributed by atoms with E-state index < -0.39 is 5.97 Å². The van der Waals surface area contributed by atoms with Crippen molar-refractivity contribution in [3.05, 3.63) is 71.8 Å². The summed E-state index contributed by atoms with van der Waals surface area (Å²) in [4.78, 5) is 12.4. The van der Waals surface area contributed by atoms with E-state index in [2.05, 4.69) is 20.8 Å². The van der Waals surface area contributed by atoms with E-state index in [-0.39, 0.29) is 11.2 Å². The molecule has 0 aliphatic carbocycles. The highest BCUT2D eigenvalue weighted by atomic mass is 16.5. The van der Waals surface area contributed by atoms with E-state index in [0.29, 0.717) is 22.1 Å². The third-order valence-electron chi connectivity index (χ3n) is 4.05. The number of phenols is 1. The summed E-state index contributed by atoms with van der Waals surface area (Å²) in [6, 6.07) is 17.9. The van der Waals surface area contributed by atoms with Crippen LogP contribution in [0.25, 0.3) is 10.8 Å². The molecule has 1 N–H and O–H groups in total. The highest BCUT2D eigenvalue weighted by Gasteiger charge is 2.16. The molecule has 0 amide bonds. The number of carbonyl (C=O) groups is 1. The van der Waals surface area contributed by atoms with Gasteiger partial charge in [0.25, 0.3) is 0 Å². The second-order valence-corrected chi connectivity index (χ2v) is 6.85. The first kappa shape index (κ1) is 16.1. The molecule has 3 aromatic carbocycles. The predicted molar refractivity (Wildman–Crippen MR) is 95.7 cm³/mol. The fourth-order valence-electron chi connectivity index (χ4n) is 2.62. The van der Waals surface area contributed by atoms with Gasteiger partial charge < -0.3 is 9.84 Å². The molecule has 0 saturated heterocycles. The summed E-state index contributed by atoms with van der Waals surface area (Å²) in [7, 11) is 0. The van der Waals surface area contributed by atoms with Crippen LogP contribution >= 0.6 is 0 Å². The molecule has 0 spiro atoms. The maximum atomic E-state index is 12.4. The number of phenolic OH excluding ortho intramolecular Hbond substituents is 1. The Hall–Kier alpha value is -2.81. The molecule has 3 rings (SSSR count). The van der Waals surface area contributed by atoms with Crippen LogP contribution in [-0.2, 0) is 5.41 Å². The lowest BCUT2D eigenvalue weighted by Crippen LogP contribution is -2.13. The van der Waals surface area contributed by atoms with Crippen LogP contribution < -0.4 is 4.74 Å². The summed E-state index contributed by atoms with van der Waals surface area (Å²) in [6.45, 7) is 6.38. The molecule has 0 aliphatic rings. The van der Waals surface area contributed by atoms with E-state index in [1.807, 2.05) is 18.2 Å². The summed E-state index contributed by atoms with van der Waals surface area (Å²) in [5.41, 5.74) is 1.70. The minimum atomic E-state index is -0.411. The van der Waals surface area contributed by atoms with Gasteiger partial charge in [-0.2, -0.15) is 0 Å². The summed E-state index contributed by atoms with van der Waals surface area (Å²) in [5.74, 6) is 0.194. The van der Waals surface area contributed by atoms with Crippen molar-refractivity contribution in [1.82, 2.24) is 0 Å². The van der Waals surface area contributed by atoms with Crippen LogP contribution in [0.1, 0.15) is 36.7 Å². The summed E-state index contributed by atoms with van der Waals surface area (Å²) in [6.07, 6.45) is 0. The van der Waals surface area contributed by atoms with Gasteiger partial charge in [-0.15, -0.1) is 0 Å². The number of hydrogen-bond donors (Lipinski definition) is 1. The SMILES string of the molecule is CC(C)(C)c1ccc(C(=O)Oc2cccc3c(O)cccc23)cc1. The molecular formula is C21H20O3. The van der Waals surface area contributed by atoms with Crippen molar-refractivity contribution in [1.29, 1.82) is 0 Å². The smallest absolute Gasteiger partial charge is 0.343 e. The third-order valence-corrected chi connectivity index (χ3v) is 4.05. The molecule has 0 atom stereocenters. The molecule has 0 radical (unpaired) electrons. The fraction of sp³-hybridized carbons (Fsp3) is 0.190. The minimum absolute atomic E-state index is 0.0373. The number of esters is 1. The maximum absolute atomic E-state index is 12.4. The Labute approximate surface area is 141 Å². The molecule has 3 nitrogen and oxygen atoms in total. The monoisotopic (exact) mass is 320 g/mol. The van der Waals surface area contributed by atoms with Crippen LogP contribution in [-0.4, -0.2) is 11.1 Å². The number of fused-ring (bicyclic) bond motifs is 1. The van der Waals surface area contributed by atoms with Gasteiger partial charge in [-0.25, -0.2) is 4.79 Å². The highest BCUT2D eigenvalue weighted by molar-refractivity contribution is 5.97. The lowest BCUT2D eigenvalue weighted by Gasteiger charge is -2.19. The van der Waals surface area contributed by atoms with Crippen molar-refractivity contribution in [3.63, 3.8) is 0 Å². The fourth-order valence-corrected chi connectivity index (χ4v) is 2.62. The predicted octanol–water partition coefficient (Wildman–Crippen LogP) is 5.06. The largest absolute Gasteiger partial charge is 0.507 e. The van der Waals surface area contributed by atoms with Crippen LogP contribution in [0.15, 0.2) is 60.7 Å². The number of ether oxygens (including phenoxy) is 1. The van der Waals surface area contributed by atoms with Gasteiger partial charge in [0, 0.05) is 10.8 Å². The normalized spacial score (nSPS) is 11.5. The van der Waals surface area contributed by atoms with Gasteiger partial charge in [0.15, 0.2) is 0 Å². The Morgan fingerprint density at radius 1 is 0.875 bits per heavy atom. The molecule has 3 aromatic rings. The van der Waals surface area contributed by atoms with Crippen molar-refractivity contribution in [3.8, 4) is 11.5 Å².